The van der Waals surface area contributed by atoms with Gasteiger partial charge in [0.2, 0.25) is 10.0 Å². The van der Waals surface area contributed by atoms with Crippen molar-refractivity contribution in [1.82, 2.24) is 4.72 Å². The van der Waals surface area contributed by atoms with Crippen LogP contribution in [0.25, 0.3) is 0 Å². The molecule has 0 aromatic heterocycles. The molecule has 1 aliphatic rings. The number of aliphatic hydroxyl groups excluding tert-OH is 1. The van der Waals surface area contributed by atoms with Gasteiger partial charge in [-0.2, -0.15) is 0 Å². The minimum atomic E-state index is -3.77. The van der Waals surface area contributed by atoms with Crippen molar-refractivity contribution in [2.45, 2.75) is 49.6 Å². The zero-order valence-corrected chi connectivity index (χ0v) is 13.4. The lowest BCUT2D eigenvalue weighted by molar-refractivity contribution is 0.281. The van der Waals surface area contributed by atoms with Crippen molar-refractivity contribution in [3.8, 4) is 0 Å². The summed E-state index contributed by atoms with van der Waals surface area (Å²) >= 11 is 12.0. The lowest BCUT2D eigenvalue weighted by Crippen LogP contribution is -2.43. The molecule has 112 valence electrons. The molecule has 1 fully saturated rings. The van der Waals surface area contributed by atoms with E-state index in [1.165, 1.54) is 12.1 Å². The number of aliphatic hydroxyl groups is 1. The van der Waals surface area contributed by atoms with Gasteiger partial charge in [0.1, 0.15) is 4.90 Å². The van der Waals surface area contributed by atoms with Crippen LogP contribution in [0.3, 0.4) is 0 Å². The average molecular weight is 338 g/mol. The number of sulfonamides is 1. The van der Waals surface area contributed by atoms with Crippen LogP contribution in [0.5, 0.6) is 0 Å². The van der Waals surface area contributed by atoms with Gasteiger partial charge in [-0.15, -0.1) is 0 Å². The Morgan fingerprint density at radius 2 is 1.90 bits per heavy atom. The predicted molar refractivity (Wildman–Crippen MR) is 79.6 cm³/mol. The highest BCUT2D eigenvalue weighted by molar-refractivity contribution is 7.89. The van der Waals surface area contributed by atoms with Crippen molar-refractivity contribution in [3.63, 3.8) is 0 Å². The van der Waals surface area contributed by atoms with E-state index < -0.39 is 15.6 Å². The number of halogens is 2. The second-order valence-electron chi connectivity index (χ2n) is 5.41. The number of nitrogens with one attached hydrogen (secondary N) is 1. The van der Waals surface area contributed by atoms with Gasteiger partial charge >= 0.3 is 0 Å². The lowest BCUT2D eigenvalue weighted by Gasteiger charge is -2.25. The standard InChI is InChI=1S/C13H17Cl2NO3S/c1-13(4-2-3-5-13)16-20(18,19)11-7-10(14)6-9(8-17)12(11)15/h6-7,16-17H,2-5,8H2,1H3. The van der Waals surface area contributed by atoms with E-state index in [9.17, 15) is 13.5 Å². The Labute approximate surface area is 129 Å². The third-order valence-corrected chi connectivity index (χ3v) is 6.07. The Morgan fingerprint density at radius 3 is 2.45 bits per heavy atom. The van der Waals surface area contributed by atoms with Crippen LogP contribution in [-0.4, -0.2) is 19.1 Å². The van der Waals surface area contributed by atoms with E-state index in [0.29, 0.717) is 5.56 Å². The predicted octanol–water partition coefficient (Wildman–Crippen LogP) is 3.10. The highest BCUT2D eigenvalue weighted by atomic mass is 35.5. The molecule has 4 nitrogen and oxygen atoms in total. The summed E-state index contributed by atoms with van der Waals surface area (Å²) in [5.74, 6) is 0. The first-order valence-electron chi connectivity index (χ1n) is 6.40. The number of rotatable bonds is 4. The summed E-state index contributed by atoms with van der Waals surface area (Å²) in [4.78, 5) is -0.0798. The summed E-state index contributed by atoms with van der Waals surface area (Å²) in [6, 6.07) is 2.77. The first-order chi connectivity index (χ1) is 9.27. The summed E-state index contributed by atoms with van der Waals surface area (Å²) in [5.41, 5.74) is -0.139. The van der Waals surface area contributed by atoms with E-state index >= 15 is 0 Å². The van der Waals surface area contributed by atoms with Crippen LogP contribution in [-0.2, 0) is 16.6 Å². The molecular weight excluding hydrogens is 321 g/mol. The number of hydrogen-bond acceptors (Lipinski definition) is 3. The third-order valence-electron chi connectivity index (χ3n) is 3.63. The Hall–Kier alpha value is -0.330. The number of benzene rings is 1. The van der Waals surface area contributed by atoms with Crippen LogP contribution in [0.2, 0.25) is 10.0 Å². The molecule has 2 rings (SSSR count). The Bertz CT molecular complexity index is 610. The highest BCUT2D eigenvalue weighted by Gasteiger charge is 2.34. The summed E-state index contributed by atoms with van der Waals surface area (Å²) in [6.45, 7) is 1.53. The summed E-state index contributed by atoms with van der Waals surface area (Å²) < 4.78 is 27.7. The molecule has 1 saturated carbocycles. The largest absolute Gasteiger partial charge is 0.392 e. The molecule has 2 N–H and O–H groups in total. The SMILES string of the molecule is CC1(NS(=O)(=O)c2cc(Cl)cc(CO)c2Cl)CCCC1. The second kappa shape index (κ2) is 5.81. The van der Waals surface area contributed by atoms with Crippen molar-refractivity contribution in [3.05, 3.63) is 27.7 Å². The molecule has 0 bridgehead atoms. The zero-order chi connectivity index (χ0) is 15.0. The van der Waals surface area contributed by atoms with Gasteiger partial charge in [-0.3, -0.25) is 0 Å². The van der Waals surface area contributed by atoms with Gasteiger partial charge in [-0.25, -0.2) is 13.1 Å². The molecule has 0 radical (unpaired) electrons. The summed E-state index contributed by atoms with van der Waals surface area (Å²) in [7, 11) is -3.77. The summed E-state index contributed by atoms with van der Waals surface area (Å²) in [5, 5.41) is 9.46. The molecule has 0 heterocycles. The van der Waals surface area contributed by atoms with E-state index in [4.69, 9.17) is 23.2 Å². The van der Waals surface area contributed by atoms with Crippen LogP contribution >= 0.6 is 23.2 Å². The number of hydrogen-bond donors (Lipinski definition) is 2. The fourth-order valence-corrected chi connectivity index (χ4v) is 4.96. The molecule has 0 unspecified atom stereocenters. The minimum Gasteiger partial charge on any atom is -0.392 e. The topological polar surface area (TPSA) is 66.4 Å². The molecule has 0 spiro atoms. The van der Waals surface area contributed by atoms with Gasteiger partial charge in [0.05, 0.1) is 11.6 Å². The summed E-state index contributed by atoms with van der Waals surface area (Å²) in [6.07, 6.45) is 3.61. The molecule has 7 heteroatoms. The molecule has 0 amide bonds. The van der Waals surface area contributed by atoms with Crippen molar-refractivity contribution in [2.24, 2.45) is 0 Å². The third kappa shape index (κ3) is 3.28. The fraction of sp³-hybridized carbons (Fsp3) is 0.538. The normalized spacial score (nSPS) is 18.4. The van der Waals surface area contributed by atoms with E-state index in [0.717, 1.165) is 25.7 Å². The van der Waals surface area contributed by atoms with Crippen LogP contribution in [0.15, 0.2) is 17.0 Å². The quantitative estimate of drug-likeness (QED) is 0.887. The smallest absolute Gasteiger partial charge is 0.242 e. The maximum Gasteiger partial charge on any atom is 0.242 e. The molecule has 0 aliphatic heterocycles. The van der Waals surface area contributed by atoms with Gasteiger partial charge in [-0.05, 0) is 37.5 Å². The molecular formula is C13H17Cl2NO3S. The van der Waals surface area contributed by atoms with Crippen molar-refractivity contribution < 1.29 is 13.5 Å². The van der Waals surface area contributed by atoms with E-state index in [1.54, 1.807) is 0 Å². The first kappa shape index (κ1) is 16.0. The van der Waals surface area contributed by atoms with Gasteiger partial charge in [-0.1, -0.05) is 36.0 Å². The highest BCUT2D eigenvalue weighted by Crippen LogP contribution is 2.34. The average Bonchev–Trinajstić information content (AvgIpc) is 2.77. The molecule has 1 aromatic rings. The van der Waals surface area contributed by atoms with Crippen molar-refractivity contribution in [2.75, 3.05) is 0 Å². The lowest BCUT2D eigenvalue weighted by atomic mass is 10.0. The first-order valence-corrected chi connectivity index (χ1v) is 8.64. The van der Waals surface area contributed by atoms with Crippen LogP contribution in [0.4, 0.5) is 0 Å². The van der Waals surface area contributed by atoms with Crippen LogP contribution < -0.4 is 4.72 Å². The van der Waals surface area contributed by atoms with Gasteiger partial charge in [0.15, 0.2) is 0 Å². The second-order valence-corrected chi connectivity index (χ2v) is 7.87. The zero-order valence-electron chi connectivity index (χ0n) is 11.1. The maximum atomic E-state index is 12.5. The monoisotopic (exact) mass is 337 g/mol. The maximum absolute atomic E-state index is 12.5. The van der Waals surface area contributed by atoms with E-state index in [1.807, 2.05) is 6.92 Å². The van der Waals surface area contributed by atoms with E-state index in [2.05, 4.69) is 4.72 Å². The fourth-order valence-electron chi connectivity index (χ4n) is 2.57. The Kier molecular flexibility index (Phi) is 4.66. The minimum absolute atomic E-state index is 0.0194. The van der Waals surface area contributed by atoms with Crippen LogP contribution in [0.1, 0.15) is 38.2 Å². The van der Waals surface area contributed by atoms with Crippen molar-refractivity contribution in [1.29, 1.82) is 0 Å². The van der Waals surface area contributed by atoms with Crippen molar-refractivity contribution >= 4 is 33.2 Å². The molecule has 20 heavy (non-hydrogen) atoms. The van der Waals surface area contributed by atoms with Gasteiger partial charge in [0, 0.05) is 10.6 Å². The molecule has 1 aromatic carbocycles. The Balaban J connectivity index is 2.41. The Morgan fingerprint density at radius 1 is 1.30 bits per heavy atom. The van der Waals surface area contributed by atoms with E-state index in [-0.39, 0.29) is 21.5 Å². The molecule has 0 atom stereocenters. The molecule has 0 saturated heterocycles. The molecule has 1 aliphatic carbocycles. The van der Waals surface area contributed by atoms with Gasteiger partial charge in [0.25, 0.3) is 0 Å². The van der Waals surface area contributed by atoms with Gasteiger partial charge < -0.3 is 5.11 Å². The van der Waals surface area contributed by atoms with Crippen LogP contribution in [0, 0.1) is 0 Å².